The summed E-state index contributed by atoms with van der Waals surface area (Å²) in [5, 5.41) is 3.79. The van der Waals surface area contributed by atoms with Gasteiger partial charge >= 0.3 is 0 Å². The quantitative estimate of drug-likeness (QED) is 0.887. The van der Waals surface area contributed by atoms with E-state index in [2.05, 4.69) is 34.5 Å². The number of rotatable bonds is 4. The first kappa shape index (κ1) is 13.9. The van der Waals surface area contributed by atoms with Gasteiger partial charge in [-0.05, 0) is 43.7 Å². The van der Waals surface area contributed by atoms with E-state index in [0.29, 0.717) is 0 Å². The summed E-state index contributed by atoms with van der Waals surface area (Å²) in [7, 11) is 0. The van der Waals surface area contributed by atoms with Crippen LogP contribution in [-0.4, -0.2) is 19.1 Å². The van der Waals surface area contributed by atoms with Crippen molar-refractivity contribution in [1.82, 2.24) is 5.32 Å². The minimum absolute atomic E-state index is 0.748. The summed E-state index contributed by atoms with van der Waals surface area (Å²) in [4.78, 5) is 2.58. The van der Waals surface area contributed by atoms with E-state index >= 15 is 0 Å². The predicted octanol–water partition coefficient (Wildman–Crippen LogP) is 4.10. The summed E-state index contributed by atoms with van der Waals surface area (Å²) in [5.74, 6) is 0. The van der Waals surface area contributed by atoms with E-state index in [-0.39, 0.29) is 0 Å². The third-order valence-corrected chi connectivity index (χ3v) is 4.87. The first-order valence-corrected chi connectivity index (χ1v) is 8.50. The van der Waals surface area contributed by atoms with E-state index in [1.165, 1.54) is 75.7 Å². The van der Waals surface area contributed by atoms with Crippen LogP contribution >= 0.6 is 0 Å². The van der Waals surface area contributed by atoms with Crippen molar-refractivity contribution < 1.29 is 0 Å². The van der Waals surface area contributed by atoms with Gasteiger partial charge in [0.05, 0.1) is 0 Å². The van der Waals surface area contributed by atoms with E-state index in [1.54, 1.807) is 0 Å². The SMILES string of the molecule is c1ccc(N2CCCCC2)c(CNC2CCCCC2)c1. The fourth-order valence-corrected chi connectivity index (χ4v) is 3.66. The van der Waals surface area contributed by atoms with Crippen LogP contribution in [0, 0.1) is 0 Å². The Morgan fingerprint density at radius 2 is 1.60 bits per heavy atom. The summed E-state index contributed by atoms with van der Waals surface area (Å²) >= 11 is 0. The van der Waals surface area contributed by atoms with E-state index in [4.69, 9.17) is 0 Å². The van der Waals surface area contributed by atoms with Gasteiger partial charge in [0.1, 0.15) is 0 Å². The predicted molar refractivity (Wildman–Crippen MR) is 86.2 cm³/mol. The van der Waals surface area contributed by atoms with Gasteiger partial charge in [-0.1, -0.05) is 37.5 Å². The molecular formula is C18H28N2. The molecule has 1 aliphatic heterocycles. The fraction of sp³-hybridized carbons (Fsp3) is 0.667. The van der Waals surface area contributed by atoms with Gasteiger partial charge in [0.2, 0.25) is 0 Å². The Morgan fingerprint density at radius 3 is 2.40 bits per heavy atom. The molecule has 1 aromatic rings. The van der Waals surface area contributed by atoms with Gasteiger partial charge in [-0.2, -0.15) is 0 Å². The highest BCUT2D eigenvalue weighted by atomic mass is 15.1. The van der Waals surface area contributed by atoms with Crippen LogP contribution < -0.4 is 10.2 Å². The summed E-state index contributed by atoms with van der Waals surface area (Å²) < 4.78 is 0. The zero-order chi connectivity index (χ0) is 13.6. The Kier molecular flexibility index (Phi) is 4.96. The number of benzene rings is 1. The van der Waals surface area contributed by atoms with Gasteiger partial charge in [0, 0.05) is 31.4 Å². The second-order valence-corrected chi connectivity index (χ2v) is 6.39. The van der Waals surface area contributed by atoms with Gasteiger partial charge in [-0.3, -0.25) is 0 Å². The van der Waals surface area contributed by atoms with E-state index in [0.717, 1.165) is 12.6 Å². The van der Waals surface area contributed by atoms with Gasteiger partial charge in [0.15, 0.2) is 0 Å². The molecule has 1 aliphatic carbocycles. The summed E-state index contributed by atoms with van der Waals surface area (Å²) in [6.45, 7) is 3.51. The molecule has 2 aliphatic rings. The Labute approximate surface area is 123 Å². The molecule has 1 heterocycles. The second-order valence-electron chi connectivity index (χ2n) is 6.39. The number of para-hydroxylation sites is 1. The molecule has 0 bridgehead atoms. The average molecular weight is 272 g/mol. The minimum atomic E-state index is 0.748. The minimum Gasteiger partial charge on any atom is -0.371 e. The molecule has 110 valence electrons. The third-order valence-electron chi connectivity index (χ3n) is 4.87. The van der Waals surface area contributed by atoms with E-state index in [9.17, 15) is 0 Å². The lowest BCUT2D eigenvalue weighted by Gasteiger charge is -2.31. The van der Waals surface area contributed by atoms with Crippen molar-refractivity contribution >= 4 is 5.69 Å². The largest absolute Gasteiger partial charge is 0.371 e. The molecule has 3 rings (SSSR count). The Bertz CT molecular complexity index is 404. The van der Waals surface area contributed by atoms with Gasteiger partial charge in [-0.25, -0.2) is 0 Å². The van der Waals surface area contributed by atoms with Crippen LogP contribution in [0.4, 0.5) is 5.69 Å². The molecule has 1 aromatic carbocycles. The molecule has 0 spiro atoms. The lowest BCUT2D eigenvalue weighted by molar-refractivity contribution is 0.372. The van der Waals surface area contributed by atoms with Crippen molar-refractivity contribution in [2.45, 2.75) is 64.0 Å². The van der Waals surface area contributed by atoms with Crippen LogP contribution in [0.15, 0.2) is 24.3 Å². The maximum Gasteiger partial charge on any atom is 0.0411 e. The second kappa shape index (κ2) is 7.12. The molecule has 1 saturated carbocycles. The molecule has 0 amide bonds. The summed E-state index contributed by atoms with van der Waals surface area (Å²) in [6, 6.07) is 9.74. The average Bonchev–Trinajstić information content (AvgIpc) is 2.55. The van der Waals surface area contributed by atoms with Crippen LogP contribution in [-0.2, 0) is 6.54 Å². The van der Waals surface area contributed by atoms with Gasteiger partial charge < -0.3 is 10.2 Å². The number of hydrogen-bond acceptors (Lipinski definition) is 2. The molecule has 20 heavy (non-hydrogen) atoms. The molecule has 1 saturated heterocycles. The Hall–Kier alpha value is -1.02. The Balaban J connectivity index is 1.62. The van der Waals surface area contributed by atoms with Crippen molar-refractivity contribution in [1.29, 1.82) is 0 Å². The lowest BCUT2D eigenvalue weighted by Crippen LogP contribution is -2.33. The monoisotopic (exact) mass is 272 g/mol. The van der Waals surface area contributed by atoms with Crippen LogP contribution in [0.3, 0.4) is 0 Å². The van der Waals surface area contributed by atoms with E-state index < -0.39 is 0 Å². The van der Waals surface area contributed by atoms with Crippen molar-refractivity contribution in [3.05, 3.63) is 29.8 Å². The number of hydrogen-bond donors (Lipinski definition) is 1. The van der Waals surface area contributed by atoms with Crippen molar-refractivity contribution in [3.63, 3.8) is 0 Å². The number of piperidine rings is 1. The molecule has 2 fully saturated rings. The van der Waals surface area contributed by atoms with Crippen LogP contribution in [0.1, 0.15) is 56.9 Å². The highest BCUT2D eigenvalue weighted by molar-refractivity contribution is 5.53. The molecule has 2 heteroatoms. The normalized spacial score (nSPS) is 21.1. The zero-order valence-corrected chi connectivity index (χ0v) is 12.6. The summed E-state index contributed by atoms with van der Waals surface area (Å²) in [6.07, 6.45) is 11.1. The van der Waals surface area contributed by atoms with Gasteiger partial charge in [-0.15, -0.1) is 0 Å². The molecule has 1 N–H and O–H groups in total. The third kappa shape index (κ3) is 3.54. The smallest absolute Gasteiger partial charge is 0.0411 e. The van der Waals surface area contributed by atoms with Crippen molar-refractivity contribution in [2.75, 3.05) is 18.0 Å². The van der Waals surface area contributed by atoms with Crippen molar-refractivity contribution in [2.24, 2.45) is 0 Å². The number of anilines is 1. The van der Waals surface area contributed by atoms with Gasteiger partial charge in [0.25, 0.3) is 0 Å². The molecule has 0 aromatic heterocycles. The number of nitrogens with one attached hydrogen (secondary N) is 1. The first-order valence-electron chi connectivity index (χ1n) is 8.50. The first-order chi connectivity index (χ1) is 9.93. The fourth-order valence-electron chi connectivity index (χ4n) is 3.66. The maximum absolute atomic E-state index is 3.79. The zero-order valence-electron chi connectivity index (χ0n) is 12.6. The van der Waals surface area contributed by atoms with Crippen LogP contribution in [0.25, 0.3) is 0 Å². The summed E-state index contributed by atoms with van der Waals surface area (Å²) in [5.41, 5.74) is 2.95. The highest BCUT2D eigenvalue weighted by Crippen LogP contribution is 2.25. The molecular weight excluding hydrogens is 244 g/mol. The maximum atomic E-state index is 3.79. The Morgan fingerprint density at radius 1 is 0.900 bits per heavy atom. The van der Waals surface area contributed by atoms with E-state index in [1.807, 2.05) is 0 Å². The molecule has 0 atom stereocenters. The molecule has 0 radical (unpaired) electrons. The van der Waals surface area contributed by atoms with Crippen molar-refractivity contribution in [3.8, 4) is 0 Å². The van der Waals surface area contributed by atoms with Crippen LogP contribution in [0.2, 0.25) is 0 Å². The van der Waals surface area contributed by atoms with Crippen LogP contribution in [0.5, 0.6) is 0 Å². The highest BCUT2D eigenvalue weighted by Gasteiger charge is 2.16. The number of nitrogens with zero attached hydrogens (tertiary/aromatic N) is 1. The molecule has 0 unspecified atom stereocenters. The topological polar surface area (TPSA) is 15.3 Å². The standard InChI is InChI=1S/C18H28N2/c1-3-10-17(11-4-1)19-15-16-9-5-6-12-18(16)20-13-7-2-8-14-20/h5-6,9,12,17,19H,1-4,7-8,10-11,13-15H2. The lowest BCUT2D eigenvalue weighted by atomic mass is 9.95. The molecule has 2 nitrogen and oxygen atoms in total.